The minimum Gasteiger partial charge on any atom is -0.393 e. The summed E-state index contributed by atoms with van der Waals surface area (Å²) in [4.78, 5) is 4.16. The van der Waals surface area contributed by atoms with Gasteiger partial charge >= 0.3 is 0 Å². The zero-order chi connectivity index (χ0) is 10.6. The second-order valence-corrected chi connectivity index (χ2v) is 3.44. The van der Waals surface area contributed by atoms with E-state index >= 15 is 0 Å². The molecule has 0 saturated heterocycles. The molecule has 0 saturated carbocycles. The topological polar surface area (TPSA) is 56.9 Å². The van der Waals surface area contributed by atoms with Crippen LogP contribution in [0.2, 0.25) is 0 Å². The number of hydrogen-bond acceptors (Lipinski definition) is 3. The van der Waals surface area contributed by atoms with Crippen LogP contribution in [0.5, 0.6) is 0 Å². The standard InChI is InChI=1S/C11H14N2O/c1-8(7-12)11(9(2)14)10-5-3-4-6-13-10/h3-6,8-9,11,14H,1-2H3. The summed E-state index contributed by atoms with van der Waals surface area (Å²) in [7, 11) is 0. The van der Waals surface area contributed by atoms with E-state index in [1.54, 1.807) is 20.0 Å². The lowest BCUT2D eigenvalue weighted by Gasteiger charge is -2.21. The Morgan fingerprint density at radius 3 is 2.57 bits per heavy atom. The first-order valence-electron chi connectivity index (χ1n) is 4.65. The van der Waals surface area contributed by atoms with E-state index in [9.17, 15) is 5.11 Å². The molecule has 1 N–H and O–H groups in total. The zero-order valence-corrected chi connectivity index (χ0v) is 8.38. The van der Waals surface area contributed by atoms with Crippen LogP contribution in [0.3, 0.4) is 0 Å². The van der Waals surface area contributed by atoms with Crippen LogP contribution in [0, 0.1) is 17.2 Å². The van der Waals surface area contributed by atoms with Crippen molar-refractivity contribution < 1.29 is 5.11 Å². The molecule has 0 bridgehead atoms. The van der Waals surface area contributed by atoms with Gasteiger partial charge < -0.3 is 5.11 Å². The predicted octanol–water partition coefficient (Wildman–Crippen LogP) is 1.71. The highest BCUT2D eigenvalue weighted by Crippen LogP contribution is 2.25. The van der Waals surface area contributed by atoms with Crippen molar-refractivity contribution in [2.45, 2.75) is 25.9 Å². The smallest absolute Gasteiger partial charge is 0.0660 e. The van der Waals surface area contributed by atoms with E-state index in [0.717, 1.165) is 5.69 Å². The molecule has 14 heavy (non-hydrogen) atoms. The minimum absolute atomic E-state index is 0.207. The first kappa shape index (κ1) is 10.7. The van der Waals surface area contributed by atoms with E-state index < -0.39 is 6.10 Å². The van der Waals surface area contributed by atoms with Crippen molar-refractivity contribution in [2.24, 2.45) is 5.92 Å². The summed E-state index contributed by atoms with van der Waals surface area (Å²) in [5.74, 6) is -0.439. The molecular weight excluding hydrogens is 176 g/mol. The maximum atomic E-state index is 9.58. The second kappa shape index (κ2) is 4.73. The highest BCUT2D eigenvalue weighted by Gasteiger charge is 2.24. The number of aromatic nitrogens is 1. The van der Waals surface area contributed by atoms with E-state index in [-0.39, 0.29) is 11.8 Å². The van der Waals surface area contributed by atoms with Crippen molar-refractivity contribution in [1.82, 2.24) is 4.98 Å². The van der Waals surface area contributed by atoms with Gasteiger partial charge in [-0.2, -0.15) is 5.26 Å². The molecule has 74 valence electrons. The Balaban J connectivity index is 2.96. The third-order valence-corrected chi connectivity index (χ3v) is 2.29. The molecule has 0 radical (unpaired) electrons. The quantitative estimate of drug-likeness (QED) is 0.789. The molecule has 0 fully saturated rings. The van der Waals surface area contributed by atoms with Crippen molar-refractivity contribution in [3.05, 3.63) is 30.1 Å². The molecule has 3 nitrogen and oxygen atoms in total. The highest BCUT2D eigenvalue weighted by atomic mass is 16.3. The lowest BCUT2D eigenvalue weighted by Crippen LogP contribution is -2.21. The normalized spacial score (nSPS) is 16.7. The minimum atomic E-state index is -0.556. The van der Waals surface area contributed by atoms with Gasteiger partial charge in [-0.05, 0) is 26.0 Å². The number of rotatable bonds is 3. The zero-order valence-electron chi connectivity index (χ0n) is 8.38. The molecule has 1 rings (SSSR count). The van der Waals surface area contributed by atoms with Gasteiger partial charge in [0.15, 0.2) is 0 Å². The Morgan fingerprint density at radius 2 is 2.14 bits per heavy atom. The summed E-state index contributed by atoms with van der Waals surface area (Å²) >= 11 is 0. The van der Waals surface area contributed by atoms with Crippen molar-refractivity contribution in [3.63, 3.8) is 0 Å². The molecule has 0 aromatic carbocycles. The monoisotopic (exact) mass is 190 g/mol. The fourth-order valence-corrected chi connectivity index (χ4v) is 1.57. The summed E-state index contributed by atoms with van der Waals surface area (Å²) in [5, 5.41) is 18.4. The van der Waals surface area contributed by atoms with Gasteiger partial charge in [-0.3, -0.25) is 4.98 Å². The molecule has 3 heteroatoms. The molecule has 0 amide bonds. The number of aliphatic hydroxyl groups excluding tert-OH is 1. The number of nitrogens with zero attached hydrogens (tertiary/aromatic N) is 2. The molecule has 0 spiro atoms. The van der Waals surface area contributed by atoms with Gasteiger partial charge in [-0.15, -0.1) is 0 Å². The van der Waals surface area contributed by atoms with Crippen molar-refractivity contribution >= 4 is 0 Å². The first-order chi connectivity index (χ1) is 6.66. The van der Waals surface area contributed by atoms with Gasteiger partial charge in [0.25, 0.3) is 0 Å². The summed E-state index contributed by atoms with van der Waals surface area (Å²) < 4.78 is 0. The van der Waals surface area contributed by atoms with Gasteiger partial charge in [-0.1, -0.05) is 6.07 Å². The van der Waals surface area contributed by atoms with E-state index in [4.69, 9.17) is 5.26 Å². The lowest BCUT2D eigenvalue weighted by molar-refractivity contribution is 0.145. The SMILES string of the molecule is CC(O)C(c1ccccn1)C(C)C#N. The highest BCUT2D eigenvalue weighted by molar-refractivity contribution is 5.14. The Morgan fingerprint density at radius 1 is 1.43 bits per heavy atom. The largest absolute Gasteiger partial charge is 0.393 e. The molecule has 0 aliphatic rings. The van der Waals surface area contributed by atoms with Gasteiger partial charge in [-0.25, -0.2) is 0 Å². The molecule has 1 aromatic rings. The van der Waals surface area contributed by atoms with Crippen molar-refractivity contribution in [1.29, 1.82) is 5.26 Å². The fraction of sp³-hybridized carbons (Fsp3) is 0.455. The van der Waals surface area contributed by atoms with Gasteiger partial charge in [0.2, 0.25) is 0 Å². The van der Waals surface area contributed by atoms with Crippen molar-refractivity contribution in [2.75, 3.05) is 0 Å². The molecule has 0 aliphatic heterocycles. The van der Waals surface area contributed by atoms with Gasteiger partial charge in [0.05, 0.1) is 18.1 Å². The Bertz CT molecular complexity index is 316. The maximum Gasteiger partial charge on any atom is 0.0660 e. The van der Waals surface area contributed by atoms with Crippen LogP contribution >= 0.6 is 0 Å². The van der Waals surface area contributed by atoms with Crippen molar-refractivity contribution in [3.8, 4) is 6.07 Å². The van der Waals surface area contributed by atoms with Gasteiger partial charge in [0, 0.05) is 17.8 Å². The molecule has 3 atom stereocenters. The summed E-state index contributed by atoms with van der Waals surface area (Å²) in [6, 6.07) is 7.67. The van der Waals surface area contributed by atoms with Crippen LogP contribution in [-0.2, 0) is 0 Å². The molecular formula is C11H14N2O. The molecule has 1 heterocycles. The lowest BCUT2D eigenvalue weighted by atomic mass is 9.87. The third kappa shape index (κ3) is 2.30. The fourth-order valence-electron chi connectivity index (χ4n) is 1.57. The van der Waals surface area contributed by atoms with E-state index in [2.05, 4.69) is 11.1 Å². The van der Waals surface area contributed by atoms with E-state index in [1.807, 2.05) is 18.2 Å². The van der Waals surface area contributed by atoms with Crippen LogP contribution in [0.15, 0.2) is 24.4 Å². The second-order valence-electron chi connectivity index (χ2n) is 3.44. The summed E-state index contributed by atoms with van der Waals surface area (Å²) in [5.41, 5.74) is 0.775. The number of aliphatic hydroxyl groups is 1. The van der Waals surface area contributed by atoms with E-state index in [1.165, 1.54) is 0 Å². The Kier molecular flexibility index (Phi) is 3.61. The Labute approximate surface area is 84.0 Å². The van der Waals surface area contributed by atoms with Crippen LogP contribution in [0.25, 0.3) is 0 Å². The maximum absolute atomic E-state index is 9.58. The first-order valence-corrected chi connectivity index (χ1v) is 4.65. The summed E-state index contributed by atoms with van der Waals surface area (Å²) in [6.07, 6.45) is 1.12. The van der Waals surface area contributed by atoms with Crippen LogP contribution in [0.1, 0.15) is 25.5 Å². The number of pyridine rings is 1. The summed E-state index contributed by atoms with van der Waals surface area (Å²) in [6.45, 7) is 3.49. The molecule has 0 aliphatic carbocycles. The van der Waals surface area contributed by atoms with Gasteiger partial charge in [0.1, 0.15) is 0 Å². The van der Waals surface area contributed by atoms with E-state index in [0.29, 0.717) is 0 Å². The third-order valence-electron chi connectivity index (χ3n) is 2.29. The molecule has 1 aromatic heterocycles. The molecule has 3 unspecified atom stereocenters. The van der Waals surface area contributed by atoms with Crippen LogP contribution < -0.4 is 0 Å². The number of hydrogen-bond donors (Lipinski definition) is 1. The predicted molar refractivity (Wildman–Crippen MR) is 53.4 cm³/mol. The van der Waals surface area contributed by atoms with Crippen LogP contribution in [0.4, 0.5) is 0 Å². The average molecular weight is 190 g/mol. The number of nitriles is 1. The average Bonchev–Trinajstić information content (AvgIpc) is 2.19. The Hall–Kier alpha value is -1.40. The van der Waals surface area contributed by atoms with Crippen LogP contribution in [-0.4, -0.2) is 16.2 Å².